The smallest absolute Gasteiger partial charge is 0.329 e. The summed E-state index contributed by atoms with van der Waals surface area (Å²) in [4.78, 5) is 9.84. The Kier molecular flexibility index (Phi) is 6.07. The molecular weight excluding hydrogens is 152 g/mol. The first-order chi connectivity index (χ1) is 5.74. The van der Waals surface area contributed by atoms with E-state index < -0.39 is 5.97 Å². The van der Waals surface area contributed by atoms with Gasteiger partial charge in [0, 0.05) is 6.08 Å². The predicted molar refractivity (Wildman–Crippen MR) is 49.8 cm³/mol. The molecule has 2 nitrogen and oxygen atoms in total. The molecule has 0 heterocycles. The van der Waals surface area contributed by atoms with E-state index in [9.17, 15) is 4.79 Å². The van der Waals surface area contributed by atoms with Crippen LogP contribution in [-0.4, -0.2) is 13.1 Å². The van der Waals surface area contributed by atoms with E-state index in [1.807, 2.05) is 0 Å². The molecular formula is C10H16O2. The molecule has 0 atom stereocenters. The van der Waals surface area contributed by atoms with Crippen LogP contribution < -0.4 is 0 Å². The minimum atomic E-state index is -0.394. The van der Waals surface area contributed by atoms with Crippen molar-refractivity contribution in [3.8, 4) is 0 Å². The topological polar surface area (TPSA) is 26.3 Å². The molecule has 12 heavy (non-hydrogen) atoms. The number of rotatable bonds is 2. The lowest BCUT2D eigenvalue weighted by atomic mass is 10.4. The summed E-state index contributed by atoms with van der Waals surface area (Å²) >= 11 is 0. The van der Waals surface area contributed by atoms with Gasteiger partial charge in [-0.25, -0.2) is 4.79 Å². The fraction of sp³-hybridized carbons (Fsp3) is 0.500. The van der Waals surface area contributed by atoms with E-state index in [1.165, 1.54) is 26.4 Å². The largest absolute Gasteiger partial charge is 0.466 e. The summed E-state index contributed by atoms with van der Waals surface area (Å²) in [6, 6.07) is 0. The summed E-state index contributed by atoms with van der Waals surface area (Å²) < 4.78 is 4.14. The lowest BCUT2D eigenvalue weighted by Gasteiger charge is -1.83. The van der Waals surface area contributed by atoms with E-state index in [0.717, 1.165) is 6.08 Å². The predicted octanol–water partition coefficient (Wildman–Crippen LogP) is 2.46. The van der Waals surface area contributed by atoms with Crippen LogP contribution in [0.15, 0.2) is 24.3 Å². The summed E-state index contributed by atoms with van der Waals surface area (Å²) in [6.45, 7) is 5.34. The number of allylic oxidation sites excluding steroid dienone is 2. The van der Waals surface area contributed by atoms with Crippen molar-refractivity contribution in [1.29, 1.82) is 0 Å². The fourth-order valence-corrected chi connectivity index (χ4v) is 0.648. The molecule has 1 rings (SSSR count). The van der Waals surface area contributed by atoms with Crippen molar-refractivity contribution in [2.24, 2.45) is 0 Å². The fourth-order valence-electron chi connectivity index (χ4n) is 0.648. The summed E-state index contributed by atoms with van der Waals surface area (Å²) in [6.07, 6.45) is 7.43. The Morgan fingerprint density at radius 1 is 1.67 bits per heavy atom. The van der Waals surface area contributed by atoms with Gasteiger partial charge in [-0.05, 0) is 19.3 Å². The SMILES string of the molecule is C=CC(=O)OC.CCC=C1CC1. The molecule has 0 aliphatic heterocycles. The molecule has 2 heteroatoms. The van der Waals surface area contributed by atoms with Crippen LogP contribution in [0.4, 0.5) is 0 Å². The zero-order valence-corrected chi connectivity index (χ0v) is 7.80. The van der Waals surface area contributed by atoms with Gasteiger partial charge in [0.05, 0.1) is 7.11 Å². The average molecular weight is 168 g/mol. The van der Waals surface area contributed by atoms with Crippen LogP contribution in [0.5, 0.6) is 0 Å². The number of carbonyl (C=O) groups is 1. The minimum absolute atomic E-state index is 0.394. The summed E-state index contributed by atoms with van der Waals surface area (Å²) in [5.74, 6) is -0.394. The maximum atomic E-state index is 9.84. The zero-order chi connectivity index (χ0) is 9.40. The molecule has 0 bridgehead atoms. The maximum Gasteiger partial charge on any atom is 0.329 e. The van der Waals surface area contributed by atoms with Crippen LogP contribution in [0.2, 0.25) is 0 Å². The summed E-state index contributed by atoms with van der Waals surface area (Å²) in [7, 11) is 1.31. The van der Waals surface area contributed by atoms with Crippen molar-refractivity contribution in [2.45, 2.75) is 26.2 Å². The van der Waals surface area contributed by atoms with Crippen LogP contribution in [0.1, 0.15) is 26.2 Å². The second kappa shape index (κ2) is 6.65. The highest BCUT2D eigenvalue weighted by molar-refractivity contribution is 5.80. The van der Waals surface area contributed by atoms with Crippen molar-refractivity contribution in [2.75, 3.05) is 7.11 Å². The molecule has 0 radical (unpaired) electrons. The monoisotopic (exact) mass is 168 g/mol. The second-order valence-corrected chi connectivity index (χ2v) is 2.50. The lowest BCUT2D eigenvalue weighted by molar-refractivity contribution is -0.134. The number of carbonyl (C=O) groups excluding carboxylic acids is 1. The lowest BCUT2D eigenvalue weighted by Crippen LogP contribution is -1.91. The van der Waals surface area contributed by atoms with Crippen LogP contribution >= 0.6 is 0 Å². The first-order valence-electron chi connectivity index (χ1n) is 4.12. The van der Waals surface area contributed by atoms with Crippen molar-refractivity contribution in [3.05, 3.63) is 24.3 Å². The van der Waals surface area contributed by atoms with E-state index in [2.05, 4.69) is 24.3 Å². The summed E-state index contributed by atoms with van der Waals surface area (Å²) in [5, 5.41) is 0. The third-order valence-electron chi connectivity index (χ3n) is 1.40. The molecule has 1 saturated carbocycles. The van der Waals surface area contributed by atoms with Gasteiger partial charge < -0.3 is 4.74 Å². The third-order valence-corrected chi connectivity index (χ3v) is 1.40. The molecule has 0 aromatic carbocycles. The first-order valence-corrected chi connectivity index (χ1v) is 4.12. The first kappa shape index (κ1) is 11.0. The normalized spacial score (nSPS) is 12.3. The van der Waals surface area contributed by atoms with Crippen molar-refractivity contribution >= 4 is 5.97 Å². The van der Waals surface area contributed by atoms with Gasteiger partial charge in [0.15, 0.2) is 0 Å². The Balaban J connectivity index is 0.000000202. The zero-order valence-electron chi connectivity index (χ0n) is 7.80. The molecule has 1 aliphatic rings. The highest BCUT2D eigenvalue weighted by Gasteiger charge is 2.07. The highest BCUT2D eigenvalue weighted by Crippen LogP contribution is 2.27. The number of esters is 1. The Morgan fingerprint density at radius 3 is 2.33 bits per heavy atom. The van der Waals surface area contributed by atoms with Gasteiger partial charge in [-0.2, -0.15) is 0 Å². The number of hydrogen-bond donors (Lipinski definition) is 0. The quantitative estimate of drug-likeness (QED) is 0.359. The van der Waals surface area contributed by atoms with Gasteiger partial charge in [0.25, 0.3) is 0 Å². The average Bonchev–Trinajstić information content (AvgIpc) is 2.89. The molecule has 0 aromatic rings. The van der Waals surface area contributed by atoms with Gasteiger partial charge in [0.2, 0.25) is 0 Å². The molecule has 0 N–H and O–H groups in total. The van der Waals surface area contributed by atoms with E-state index in [-0.39, 0.29) is 0 Å². The Labute approximate surface area is 73.9 Å². The van der Waals surface area contributed by atoms with Crippen LogP contribution in [0, 0.1) is 0 Å². The standard InChI is InChI=1S/C6H10.C4H6O2/c1-2-3-6-4-5-6;1-3-4(5)6-2/h3H,2,4-5H2,1H3;3H,1H2,2H3. The van der Waals surface area contributed by atoms with Gasteiger partial charge >= 0.3 is 5.97 Å². The van der Waals surface area contributed by atoms with Crippen LogP contribution in [0.25, 0.3) is 0 Å². The van der Waals surface area contributed by atoms with Crippen LogP contribution in [-0.2, 0) is 9.53 Å². The number of hydrogen-bond acceptors (Lipinski definition) is 2. The molecule has 1 aliphatic carbocycles. The Morgan fingerprint density at radius 2 is 2.25 bits per heavy atom. The minimum Gasteiger partial charge on any atom is -0.466 e. The van der Waals surface area contributed by atoms with Gasteiger partial charge in [-0.3, -0.25) is 0 Å². The van der Waals surface area contributed by atoms with Gasteiger partial charge in [-0.1, -0.05) is 25.2 Å². The van der Waals surface area contributed by atoms with E-state index in [4.69, 9.17) is 0 Å². The third kappa shape index (κ3) is 7.06. The molecule has 0 aromatic heterocycles. The molecule has 0 amide bonds. The number of methoxy groups -OCH3 is 1. The second-order valence-electron chi connectivity index (χ2n) is 2.50. The van der Waals surface area contributed by atoms with Crippen molar-refractivity contribution in [1.82, 2.24) is 0 Å². The van der Waals surface area contributed by atoms with Gasteiger partial charge in [0.1, 0.15) is 0 Å². The Hall–Kier alpha value is -1.05. The van der Waals surface area contributed by atoms with Crippen molar-refractivity contribution in [3.63, 3.8) is 0 Å². The van der Waals surface area contributed by atoms with Gasteiger partial charge in [-0.15, -0.1) is 0 Å². The molecule has 0 spiro atoms. The highest BCUT2D eigenvalue weighted by atomic mass is 16.5. The summed E-state index contributed by atoms with van der Waals surface area (Å²) in [5.41, 5.74) is 1.66. The van der Waals surface area contributed by atoms with E-state index >= 15 is 0 Å². The van der Waals surface area contributed by atoms with E-state index in [1.54, 1.807) is 5.57 Å². The van der Waals surface area contributed by atoms with Crippen molar-refractivity contribution < 1.29 is 9.53 Å². The molecule has 0 saturated heterocycles. The maximum absolute atomic E-state index is 9.84. The molecule has 1 fully saturated rings. The molecule has 68 valence electrons. The number of ether oxygens (including phenoxy) is 1. The Bertz CT molecular complexity index is 174. The molecule has 0 unspecified atom stereocenters. The van der Waals surface area contributed by atoms with Crippen LogP contribution in [0.3, 0.4) is 0 Å². The van der Waals surface area contributed by atoms with E-state index in [0.29, 0.717) is 0 Å².